The largest absolute Gasteiger partial charge is 0.497 e. The van der Waals surface area contributed by atoms with Crippen LogP contribution in [0.1, 0.15) is 12.0 Å². The molecule has 202 valence electrons. The number of allylic oxidation sites excluding steroid dienone is 2. The topological polar surface area (TPSA) is 84.9 Å². The molecule has 3 amide bonds. The first-order valence-corrected chi connectivity index (χ1v) is 13.8. The van der Waals surface area contributed by atoms with Crippen molar-refractivity contribution in [2.75, 3.05) is 12.4 Å². The molecule has 5 aliphatic rings. The van der Waals surface area contributed by atoms with Gasteiger partial charge in [-0.2, -0.15) is 0 Å². The summed E-state index contributed by atoms with van der Waals surface area (Å²) < 4.78 is 11.1. The minimum absolute atomic E-state index is 0.111. The van der Waals surface area contributed by atoms with Crippen molar-refractivity contribution in [3.63, 3.8) is 0 Å². The van der Waals surface area contributed by atoms with E-state index < -0.39 is 6.04 Å². The van der Waals surface area contributed by atoms with E-state index in [0.717, 1.165) is 17.7 Å². The Balaban J connectivity index is 1.11. The molecule has 0 spiro atoms. The minimum atomic E-state index is -0.932. The smallest absolute Gasteiger partial charge is 0.248 e. The fourth-order valence-electron chi connectivity index (χ4n) is 7.04. The van der Waals surface area contributed by atoms with Gasteiger partial charge >= 0.3 is 0 Å². The first-order chi connectivity index (χ1) is 19.5. The predicted octanol–water partition coefficient (Wildman–Crippen LogP) is 5.09. The van der Waals surface area contributed by atoms with E-state index in [1.54, 1.807) is 31.4 Å². The summed E-state index contributed by atoms with van der Waals surface area (Å²) in [7, 11) is 1.61. The number of likely N-dealkylation sites (tertiary alicyclic amines) is 1. The molecule has 1 heterocycles. The van der Waals surface area contributed by atoms with Gasteiger partial charge in [0.2, 0.25) is 17.7 Å². The van der Waals surface area contributed by atoms with Gasteiger partial charge in [0.05, 0.1) is 18.9 Å². The molecule has 3 fully saturated rings. The molecule has 7 atom stereocenters. The van der Waals surface area contributed by atoms with Crippen molar-refractivity contribution < 1.29 is 23.9 Å². The van der Waals surface area contributed by atoms with E-state index in [-0.39, 0.29) is 47.8 Å². The molecular formula is C33H30N2O5. The number of benzene rings is 3. The number of anilines is 1. The number of amides is 3. The van der Waals surface area contributed by atoms with Gasteiger partial charge in [-0.15, -0.1) is 0 Å². The number of hydrogen-bond acceptors (Lipinski definition) is 5. The van der Waals surface area contributed by atoms with Gasteiger partial charge < -0.3 is 14.8 Å². The van der Waals surface area contributed by atoms with Crippen molar-refractivity contribution in [3.05, 3.63) is 96.6 Å². The molecule has 8 rings (SSSR count). The molecule has 7 heteroatoms. The summed E-state index contributed by atoms with van der Waals surface area (Å²) in [5.74, 6) is 1.80. The quantitative estimate of drug-likeness (QED) is 0.322. The number of methoxy groups -OCH3 is 1. The van der Waals surface area contributed by atoms with Crippen LogP contribution in [0.25, 0.3) is 0 Å². The van der Waals surface area contributed by atoms with Gasteiger partial charge in [-0.25, -0.2) is 0 Å². The maximum atomic E-state index is 13.8. The highest BCUT2D eigenvalue weighted by atomic mass is 16.5. The van der Waals surface area contributed by atoms with Crippen molar-refractivity contribution in [1.29, 1.82) is 0 Å². The monoisotopic (exact) mass is 534 g/mol. The lowest BCUT2D eigenvalue weighted by Gasteiger charge is -2.37. The molecule has 1 aliphatic heterocycles. The molecule has 3 aromatic rings. The van der Waals surface area contributed by atoms with Crippen LogP contribution < -0.4 is 14.8 Å². The average Bonchev–Trinajstić information content (AvgIpc) is 3.77. The molecule has 2 bridgehead atoms. The van der Waals surface area contributed by atoms with Crippen LogP contribution in [0.15, 0.2) is 91.0 Å². The number of ether oxygens (including phenoxy) is 2. The molecular weight excluding hydrogens is 504 g/mol. The number of nitrogens with zero attached hydrogens (tertiary/aromatic N) is 1. The second kappa shape index (κ2) is 9.66. The first kappa shape index (κ1) is 24.6. The summed E-state index contributed by atoms with van der Waals surface area (Å²) in [5.41, 5.74) is 1.45. The lowest BCUT2D eigenvalue weighted by molar-refractivity contribution is -0.146. The maximum Gasteiger partial charge on any atom is 0.248 e. The molecule has 40 heavy (non-hydrogen) atoms. The molecule has 0 unspecified atom stereocenters. The van der Waals surface area contributed by atoms with Gasteiger partial charge in [0, 0.05) is 12.1 Å². The number of carbonyl (C=O) groups is 3. The Labute approximate surface area is 232 Å². The Morgan fingerprint density at radius 1 is 0.825 bits per heavy atom. The molecule has 1 N–H and O–H groups in total. The maximum absolute atomic E-state index is 13.8. The summed E-state index contributed by atoms with van der Waals surface area (Å²) in [5, 5.41) is 2.95. The Kier molecular flexibility index (Phi) is 5.95. The molecule has 7 nitrogen and oxygen atoms in total. The van der Waals surface area contributed by atoms with Crippen molar-refractivity contribution in [2.45, 2.75) is 18.9 Å². The Morgan fingerprint density at radius 2 is 1.38 bits per heavy atom. The van der Waals surface area contributed by atoms with Crippen LogP contribution in [0, 0.1) is 35.5 Å². The lowest BCUT2D eigenvalue weighted by atomic mass is 9.63. The molecule has 2 saturated carbocycles. The Morgan fingerprint density at radius 3 is 1.95 bits per heavy atom. The SMILES string of the molecule is COc1ccc(Oc2ccc(NC(=O)[C@H](Cc3ccccc3)N3C(=O)[C@H]4[C@@H]5C=C[C@H]([C@H]6C[C@H]56)[C@@H]4C3=O)cc2)cc1. The second-order valence-electron chi connectivity index (χ2n) is 11.2. The summed E-state index contributed by atoms with van der Waals surface area (Å²) in [4.78, 5) is 42.7. The number of carbonyl (C=O) groups excluding carboxylic acids is 3. The number of hydrogen-bond donors (Lipinski definition) is 1. The summed E-state index contributed by atoms with van der Waals surface area (Å²) >= 11 is 0. The van der Waals surface area contributed by atoms with Gasteiger partial charge in [-0.05, 0) is 84.2 Å². The summed E-state index contributed by atoms with van der Waals surface area (Å²) in [6.07, 6.45) is 5.66. The van der Waals surface area contributed by atoms with E-state index in [1.165, 1.54) is 4.90 Å². The van der Waals surface area contributed by atoms with E-state index in [4.69, 9.17) is 9.47 Å². The van der Waals surface area contributed by atoms with Crippen molar-refractivity contribution in [2.24, 2.45) is 35.5 Å². The third kappa shape index (κ3) is 4.17. The zero-order valence-corrected chi connectivity index (χ0v) is 22.1. The van der Waals surface area contributed by atoms with Crippen molar-refractivity contribution in [1.82, 2.24) is 4.90 Å². The van der Waals surface area contributed by atoms with Gasteiger partial charge in [-0.3, -0.25) is 19.3 Å². The molecule has 3 aromatic carbocycles. The molecule has 0 aromatic heterocycles. The van der Waals surface area contributed by atoms with Crippen molar-refractivity contribution >= 4 is 23.4 Å². The van der Waals surface area contributed by atoms with Crippen LogP contribution in [-0.2, 0) is 20.8 Å². The minimum Gasteiger partial charge on any atom is -0.497 e. The molecule has 0 radical (unpaired) electrons. The third-order valence-corrected chi connectivity index (χ3v) is 9.00. The van der Waals surface area contributed by atoms with E-state index in [0.29, 0.717) is 29.0 Å². The highest BCUT2D eigenvalue weighted by Crippen LogP contribution is 2.65. The standard InChI is InChI=1S/C33H30N2O5/c1-39-21-11-13-23(14-12-21)40-22-9-7-20(8-10-22)34-31(36)28(17-19-5-3-2-4-6-19)35-32(37)29-24-15-16-25(27-18-26(24)27)30(29)33(35)38/h2-16,24-30H,17-18H2,1H3,(H,34,36)/t24-,25-,26-,27-,28+,29+,30+/m1/s1. The van der Waals surface area contributed by atoms with Crippen LogP contribution in [0.5, 0.6) is 17.2 Å². The van der Waals surface area contributed by atoms with Gasteiger partial charge in [0.1, 0.15) is 23.3 Å². The van der Waals surface area contributed by atoms with Crippen LogP contribution in [-0.4, -0.2) is 35.8 Å². The molecule has 4 aliphatic carbocycles. The lowest BCUT2D eigenvalue weighted by Crippen LogP contribution is -2.49. The summed E-state index contributed by atoms with van der Waals surface area (Å²) in [6, 6.07) is 22.9. The fraction of sp³-hybridized carbons (Fsp3) is 0.303. The predicted molar refractivity (Wildman–Crippen MR) is 149 cm³/mol. The van der Waals surface area contributed by atoms with E-state index in [9.17, 15) is 14.4 Å². The van der Waals surface area contributed by atoms with E-state index in [1.807, 2.05) is 54.6 Å². The van der Waals surface area contributed by atoms with Gasteiger partial charge in [0.25, 0.3) is 0 Å². The van der Waals surface area contributed by atoms with E-state index >= 15 is 0 Å². The second-order valence-corrected chi connectivity index (χ2v) is 11.2. The normalized spacial score (nSPS) is 28.1. The van der Waals surface area contributed by atoms with Crippen molar-refractivity contribution in [3.8, 4) is 17.2 Å². The van der Waals surface area contributed by atoms with Crippen LogP contribution in [0.4, 0.5) is 5.69 Å². The molecule has 1 saturated heterocycles. The highest BCUT2D eigenvalue weighted by molar-refractivity contribution is 6.10. The van der Waals surface area contributed by atoms with Crippen LogP contribution in [0.3, 0.4) is 0 Å². The Bertz CT molecular complexity index is 1450. The van der Waals surface area contributed by atoms with Crippen LogP contribution in [0.2, 0.25) is 0 Å². The third-order valence-electron chi connectivity index (χ3n) is 9.00. The average molecular weight is 535 g/mol. The summed E-state index contributed by atoms with van der Waals surface area (Å²) in [6.45, 7) is 0. The zero-order chi connectivity index (χ0) is 27.4. The van der Waals surface area contributed by atoms with Gasteiger partial charge in [-0.1, -0.05) is 42.5 Å². The van der Waals surface area contributed by atoms with Crippen LogP contribution >= 0.6 is 0 Å². The zero-order valence-electron chi connectivity index (χ0n) is 22.1. The van der Waals surface area contributed by atoms with Gasteiger partial charge in [0.15, 0.2) is 0 Å². The number of imide groups is 1. The highest BCUT2D eigenvalue weighted by Gasteiger charge is 2.67. The van der Waals surface area contributed by atoms with E-state index in [2.05, 4.69) is 17.5 Å². The Hall–Kier alpha value is -4.39. The number of nitrogens with one attached hydrogen (secondary N) is 1. The number of rotatable bonds is 8. The fourth-order valence-corrected chi connectivity index (χ4v) is 7.04. The first-order valence-electron chi connectivity index (χ1n) is 13.8.